The number of hydrogen-bond donors (Lipinski definition) is 0. The second-order valence-electron chi connectivity index (χ2n) is 10.5. The van der Waals surface area contributed by atoms with E-state index in [9.17, 15) is 0 Å². The maximum absolute atomic E-state index is 7.05. The fourth-order valence-corrected chi connectivity index (χ4v) is 6.24. The maximum atomic E-state index is 7.05. The summed E-state index contributed by atoms with van der Waals surface area (Å²) in [6, 6.07) is 55.9. The first kappa shape index (κ1) is 23.5. The standard InChI is InChI=1S/C40H26O/c1-3-14-27(15-4-1)29-18-13-19-30(26-29)39-35-24-11-12-25-36(35)40(41-39)38-34-23-10-8-21-32(34)31-20-7-9-22-33(31)37(38)28-16-5-2-6-17-28/h1-26H. The predicted octanol–water partition coefficient (Wildman–Crippen LogP) is 11.4. The Morgan fingerprint density at radius 2 is 0.707 bits per heavy atom. The van der Waals surface area contributed by atoms with Gasteiger partial charge in [-0.2, -0.15) is 0 Å². The number of furan rings is 1. The lowest BCUT2D eigenvalue weighted by atomic mass is 9.86. The molecule has 1 heteroatoms. The van der Waals surface area contributed by atoms with Crippen LogP contribution < -0.4 is 0 Å². The van der Waals surface area contributed by atoms with Crippen molar-refractivity contribution >= 4 is 32.3 Å². The smallest absolute Gasteiger partial charge is 0.143 e. The lowest BCUT2D eigenvalue weighted by Crippen LogP contribution is -1.91. The average molecular weight is 523 g/mol. The van der Waals surface area contributed by atoms with Gasteiger partial charge in [0.15, 0.2) is 0 Å². The van der Waals surface area contributed by atoms with E-state index in [0.29, 0.717) is 0 Å². The molecule has 0 bridgehead atoms. The van der Waals surface area contributed by atoms with Crippen LogP contribution in [0.4, 0.5) is 0 Å². The molecule has 0 unspecified atom stereocenters. The fraction of sp³-hybridized carbons (Fsp3) is 0. The highest BCUT2D eigenvalue weighted by molar-refractivity contribution is 6.23. The zero-order valence-electron chi connectivity index (χ0n) is 22.4. The summed E-state index contributed by atoms with van der Waals surface area (Å²) in [4.78, 5) is 0. The van der Waals surface area contributed by atoms with E-state index in [1.165, 1.54) is 43.8 Å². The molecule has 0 aliphatic heterocycles. The van der Waals surface area contributed by atoms with E-state index in [-0.39, 0.29) is 0 Å². The number of fused-ring (bicyclic) bond motifs is 4. The first-order valence-corrected chi connectivity index (χ1v) is 14.0. The quantitative estimate of drug-likeness (QED) is 0.210. The van der Waals surface area contributed by atoms with Crippen LogP contribution >= 0.6 is 0 Å². The molecule has 0 atom stereocenters. The van der Waals surface area contributed by atoms with Crippen molar-refractivity contribution in [3.63, 3.8) is 0 Å². The molecule has 41 heavy (non-hydrogen) atoms. The van der Waals surface area contributed by atoms with Crippen LogP contribution in [0.15, 0.2) is 162 Å². The molecule has 0 spiro atoms. The van der Waals surface area contributed by atoms with Gasteiger partial charge in [-0.3, -0.25) is 0 Å². The summed E-state index contributed by atoms with van der Waals surface area (Å²) < 4.78 is 7.05. The van der Waals surface area contributed by atoms with Crippen molar-refractivity contribution in [3.05, 3.63) is 158 Å². The Bertz CT molecular complexity index is 2190. The Morgan fingerprint density at radius 3 is 1.34 bits per heavy atom. The van der Waals surface area contributed by atoms with Gasteiger partial charge in [-0.1, -0.05) is 152 Å². The SMILES string of the molecule is c1ccc(-c2cccc(-c3oc(-c4c(-c5ccccc5)c5ccccc5c5ccccc45)c4ccccc34)c2)cc1. The van der Waals surface area contributed by atoms with Crippen molar-refractivity contribution in [1.82, 2.24) is 0 Å². The van der Waals surface area contributed by atoms with Gasteiger partial charge in [-0.15, -0.1) is 0 Å². The van der Waals surface area contributed by atoms with E-state index in [0.717, 1.165) is 33.4 Å². The van der Waals surface area contributed by atoms with Gasteiger partial charge < -0.3 is 4.42 Å². The van der Waals surface area contributed by atoms with Crippen molar-refractivity contribution in [2.45, 2.75) is 0 Å². The van der Waals surface area contributed by atoms with Crippen LogP contribution in [-0.4, -0.2) is 0 Å². The van der Waals surface area contributed by atoms with Crippen LogP contribution in [-0.2, 0) is 0 Å². The third kappa shape index (κ3) is 3.86. The molecule has 7 aromatic carbocycles. The molecule has 0 fully saturated rings. The van der Waals surface area contributed by atoms with E-state index in [4.69, 9.17) is 4.42 Å². The number of benzene rings is 7. The van der Waals surface area contributed by atoms with Gasteiger partial charge in [0.05, 0.1) is 0 Å². The summed E-state index contributed by atoms with van der Waals surface area (Å²) >= 11 is 0. The van der Waals surface area contributed by atoms with Crippen molar-refractivity contribution < 1.29 is 4.42 Å². The van der Waals surface area contributed by atoms with Crippen molar-refractivity contribution in [1.29, 1.82) is 0 Å². The molecule has 1 aromatic heterocycles. The zero-order chi connectivity index (χ0) is 27.2. The summed E-state index contributed by atoms with van der Waals surface area (Å²) in [6.07, 6.45) is 0. The third-order valence-corrected chi connectivity index (χ3v) is 8.07. The third-order valence-electron chi connectivity index (χ3n) is 8.07. The van der Waals surface area contributed by atoms with Crippen LogP contribution in [0.25, 0.3) is 77.2 Å². The second kappa shape index (κ2) is 9.66. The van der Waals surface area contributed by atoms with Crippen LogP contribution in [0, 0.1) is 0 Å². The largest absolute Gasteiger partial charge is 0.455 e. The van der Waals surface area contributed by atoms with Gasteiger partial charge in [0.25, 0.3) is 0 Å². The van der Waals surface area contributed by atoms with E-state index >= 15 is 0 Å². The van der Waals surface area contributed by atoms with Gasteiger partial charge in [0.1, 0.15) is 11.5 Å². The number of hydrogen-bond acceptors (Lipinski definition) is 1. The normalized spacial score (nSPS) is 11.4. The molecule has 8 rings (SSSR count). The van der Waals surface area contributed by atoms with E-state index < -0.39 is 0 Å². The van der Waals surface area contributed by atoms with Crippen LogP contribution in [0.1, 0.15) is 0 Å². The second-order valence-corrected chi connectivity index (χ2v) is 10.5. The van der Waals surface area contributed by atoms with Gasteiger partial charge in [0.2, 0.25) is 0 Å². The maximum Gasteiger partial charge on any atom is 0.143 e. The van der Waals surface area contributed by atoms with Gasteiger partial charge >= 0.3 is 0 Å². The van der Waals surface area contributed by atoms with Gasteiger partial charge in [-0.25, -0.2) is 0 Å². The minimum absolute atomic E-state index is 0.893. The zero-order valence-corrected chi connectivity index (χ0v) is 22.4. The van der Waals surface area contributed by atoms with E-state index in [1.54, 1.807) is 0 Å². The Balaban J connectivity index is 1.48. The Morgan fingerprint density at radius 1 is 0.268 bits per heavy atom. The minimum atomic E-state index is 0.893. The first-order chi connectivity index (χ1) is 20.4. The van der Waals surface area contributed by atoms with Crippen LogP contribution in [0.3, 0.4) is 0 Å². The fourth-order valence-electron chi connectivity index (χ4n) is 6.24. The molecule has 8 aromatic rings. The summed E-state index contributed by atoms with van der Waals surface area (Å²) in [6.45, 7) is 0. The highest BCUT2D eigenvalue weighted by Crippen LogP contribution is 2.49. The van der Waals surface area contributed by atoms with E-state index in [1.807, 2.05) is 0 Å². The molecular formula is C40H26O. The Labute approximate surface area is 238 Å². The average Bonchev–Trinajstić information content (AvgIpc) is 3.44. The van der Waals surface area contributed by atoms with Gasteiger partial charge in [-0.05, 0) is 44.3 Å². The molecule has 0 radical (unpaired) electrons. The van der Waals surface area contributed by atoms with Gasteiger partial charge in [0, 0.05) is 27.5 Å². The van der Waals surface area contributed by atoms with Crippen molar-refractivity contribution in [2.24, 2.45) is 0 Å². The summed E-state index contributed by atoms with van der Waals surface area (Å²) in [5.74, 6) is 1.80. The van der Waals surface area contributed by atoms with Crippen molar-refractivity contribution in [3.8, 4) is 44.9 Å². The summed E-state index contributed by atoms with van der Waals surface area (Å²) in [5, 5.41) is 7.12. The Hall–Kier alpha value is -5.40. The molecule has 1 nitrogen and oxygen atoms in total. The first-order valence-electron chi connectivity index (χ1n) is 14.0. The molecule has 0 aliphatic rings. The summed E-state index contributed by atoms with van der Waals surface area (Å²) in [5.41, 5.74) is 6.94. The number of rotatable bonds is 4. The molecular weight excluding hydrogens is 496 g/mol. The topological polar surface area (TPSA) is 13.1 Å². The minimum Gasteiger partial charge on any atom is -0.455 e. The predicted molar refractivity (Wildman–Crippen MR) is 173 cm³/mol. The highest BCUT2D eigenvalue weighted by Gasteiger charge is 2.23. The molecule has 0 N–H and O–H groups in total. The molecule has 0 saturated heterocycles. The lowest BCUT2D eigenvalue weighted by Gasteiger charge is -2.17. The molecule has 1 heterocycles. The Kier molecular flexibility index (Phi) is 5.53. The lowest BCUT2D eigenvalue weighted by molar-refractivity contribution is 0.603. The van der Waals surface area contributed by atoms with Crippen molar-refractivity contribution in [2.75, 3.05) is 0 Å². The summed E-state index contributed by atoms with van der Waals surface area (Å²) in [7, 11) is 0. The monoisotopic (exact) mass is 522 g/mol. The molecule has 0 saturated carbocycles. The molecule has 0 amide bonds. The van der Waals surface area contributed by atoms with E-state index in [2.05, 4.69) is 158 Å². The molecule has 192 valence electrons. The highest BCUT2D eigenvalue weighted by atomic mass is 16.3. The molecule has 0 aliphatic carbocycles. The van der Waals surface area contributed by atoms with Crippen LogP contribution in [0.5, 0.6) is 0 Å². The van der Waals surface area contributed by atoms with Crippen LogP contribution in [0.2, 0.25) is 0 Å².